The van der Waals surface area contributed by atoms with Crippen LogP contribution in [0.15, 0.2) is 28.6 Å². The summed E-state index contributed by atoms with van der Waals surface area (Å²) in [7, 11) is 0. The van der Waals surface area contributed by atoms with Gasteiger partial charge in [0.1, 0.15) is 0 Å². The smallest absolute Gasteiger partial charge is 0.257 e. The molecule has 0 atom stereocenters. The number of hydrogen-bond donors (Lipinski definition) is 2. The molecule has 0 saturated carbocycles. The van der Waals surface area contributed by atoms with Crippen LogP contribution in [-0.2, 0) is 4.79 Å². The van der Waals surface area contributed by atoms with E-state index in [4.69, 9.17) is 17.3 Å². The predicted octanol–water partition coefficient (Wildman–Crippen LogP) is 2.02. The first-order valence-electron chi connectivity index (χ1n) is 5.36. The van der Waals surface area contributed by atoms with Crippen molar-refractivity contribution in [2.24, 2.45) is 5.73 Å². The van der Waals surface area contributed by atoms with E-state index in [-0.39, 0.29) is 11.7 Å². The van der Waals surface area contributed by atoms with Crippen LogP contribution in [0, 0.1) is 0 Å². The van der Waals surface area contributed by atoms with Gasteiger partial charge in [-0.05, 0) is 18.2 Å². The first-order chi connectivity index (χ1) is 9.54. The quantitative estimate of drug-likeness (QED) is 0.646. The molecule has 9 heteroatoms. The lowest BCUT2D eigenvalue weighted by molar-refractivity contribution is -0.115. The third-order valence-corrected chi connectivity index (χ3v) is 4.28. The Morgan fingerprint density at radius 2 is 2.20 bits per heavy atom. The Hall–Kier alpha value is -1.64. The van der Waals surface area contributed by atoms with Gasteiger partial charge in [-0.3, -0.25) is 14.9 Å². The molecule has 1 heterocycles. The lowest BCUT2D eigenvalue weighted by Crippen LogP contribution is -2.12. The molecule has 0 fully saturated rings. The highest BCUT2D eigenvalue weighted by atomic mass is 35.5. The summed E-state index contributed by atoms with van der Waals surface area (Å²) < 4.78 is 0.560. The van der Waals surface area contributed by atoms with Gasteiger partial charge >= 0.3 is 0 Å². The molecule has 0 spiro atoms. The van der Waals surface area contributed by atoms with Crippen molar-refractivity contribution in [2.75, 3.05) is 11.1 Å². The van der Waals surface area contributed by atoms with Crippen LogP contribution in [0.2, 0.25) is 5.02 Å². The van der Waals surface area contributed by atoms with Crippen LogP contribution in [0.1, 0.15) is 10.4 Å². The zero-order chi connectivity index (χ0) is 14.5. The van der Waals surface area contributed by atoms with Crippen LogP contribution in [0.5, 0.6) is 0 Å². The lowest BCUT2D eigenvalue weighted by atomic mass is 10.2. The van der Waals surface area contributed by atoms with E-state index in [0.717, 1.165) is 0 Å². The Bertz CT molecular complexity index is 647. The normalized spacial score (nSPS) is 10.2. The van der Waals surface area contributed by atoms with E-state index < -0.39 is 5.91 Å². The molecule has 6 nitrogen and oxygen atoms in total. The van der Waals surface area contributed by atoms with Gasteiger partial charge in [-0.25, -0.2) is 0 Å². The largest absolute Gasteiger partial charge is 0.369 e. The maximum atomic E-state index is 11.9. The van der Waals surface area contributed by atoms with E-state index in [1.807, 2.05) is 0 Å². The number of nitrogens with zero attached hydrogens (tertiary/aromatic N) is 2. The molecule has 3 N–H and O–H groups in total. The SMILES string of the molecule is NC(=O)CSc1nnc(NC(=O)c2cccc(Cl)c2)s1. The molecule has 2 rings (SSSR count). The Morgan fingerprint density at radius 1 is 1.40 bits per heavy atom. The molecular formula is C11H9ClN4O2S2. The highest BCUT2D eigenvalue weighted by Crippen LogP contribution is 2.25. The zero-order valence-corrected chi connectivity index (χ0v) is 12.4. The van der Waals surface area contributed by atoms with Gasteiger partial charge in [0.15, 0.2) is 4.34 Å². The number of anilines is 1. The van der Waals surface area contributed by atoms with E-state index in [1.54, 1.807) is 24.3 Å². The second-order valence-corrected chi connectivity index (χ2v) is 6.23. The number of aromatic nitrogens is 2. The third kappa shape index (κ3) is 4.19. The highest BCUT2D eigenvalue weighted by Gasteiger charge is 2.11. The van der Waals surface area contributed by atoms with Crippen LogP contribution in [0.3, 0.4) is 0 Å². The van der Waals surface area contributed by atoms with Crippen molar-refractivity contribution in [1.29, 1.82) is 0 Å². The van der Waals surface area contributed by atoms with Crippen molar-refractivity contribution in [3.05, 3.63) is 34.9 Å². The topological polar surface area (TPSA) is 98.0 Å². The minimum atomic E-state index is -0.435. The summed E-state index contributed by atoms with van der Waals surface area (Å²) in [5.41, 5.74) is 5.46. The van der Waals surface area contributed by atoms with Gasteiger partial charge in [0.05, 0.1) is 5.75 Å². The molecule has 104 valence electrons. The van der Waals surface area contributed by atoms with Crippen LogP contribution in [0.4, 0.5) is 5.13 Å². The minimum Gasteiger partial charge on any atom is -0.369 e. The number of primary amides is 1. The molecule has 0 aliphatic carbocycles. The van der Waals surface area contributed by atoms with E-state index in [1.165, 1.54) is 23.1 Å². The first-order valence-corrected chi connectivity index (χ1v) is 7.54. The number of carbonyl (C=O) groups excluding carboxylic acids is 2. The number of carbonyl (C=O) groups is 2. The van der Waals surface area contributed by atoms with E-state index >= 15 is 0 Å². The molecule has 0 saturated heterocycles. The maximum absolute atomic E-state index is 11.9. The molecule has 2 amide bonds. The van der Waals surface area contributed by atoms with Crippen LogP contribution >= 0.6 is 34.7 Å². The number of benzene rings is 1. The number of nitrogens with two attached hydrogens (primary N) is 1. The zero-order valence-electron chi connectivity index (χ0n) is 10.00. The summed E-state index contributed by atoms with van der Waals surface area (Å²) >= 11 is 8.16. The molecule has 0 aliphatic rings. The Balaban J connectivity index is 1.99. The van der Waals surface area contributed by atoms with Crippen molar-refractivity contribution in [3.8, 4) is 0 Å². The standard InChI is InChI=1S/C11H9ClN4O2S2/c12-7-3-1-2-6(4-7)9(18)14-10-15-16-11(20-10)19-5-8(13)17/h1-4H,5H2,(H2,13,17)(H,14,15,18). The van der Waals surface area contributed by atoms with E-state index in [9.17, 15) is 9.59 Å². The summed E-state index contributed by atoms with van der Waals surface area (Å²) in [6.45, 7) is 0. The average Bonchev–Trinajstić information content (AvgIpc) is 2.84. The van der Waals surface area contributed by atoms with Gasteiger partial charge in [0, 0.05) is 10.6 Å². The molecule has 0 aliphatic heterocycles. The summed E-state index contributed by atoms with van der Waals surface area (Å²) in [6.07, 6.45) is 0. The molecule has 2 aromatic rings. The van der Waals surface area contributed by atoms with Crippen LogP contribution in [-0.4, -0.2) is 27.8 Å². The second kappa shape index (κ2) is 6.69. The number of amides is 2. The fourth-order valence-corrected chi connectivity index (χ4v) is 2.93. The predicted molar refractivity (Wildman–Crippen MR) is 79.2 cm³/mol. The van der Waals surface area contributed by atoms with E-state index in [2.05, 4.69) is 15.5 Å². The number of rotatable bonds is 5. The van der Waals surface area contributed by atoms with Crippen molar-refractivity contribution < 1.29 is 9.59 Å². The summed E-state index contributed by atoms with van der Waals surface area (Å²) in [4.78, 5) is 22.6. The Labute approximate surface area is 127 Å². The van der Waals surface area contributed by atoms with Crippen molar-refractivity contribution >= 4 is 51.6 Å². The number of nitrogens with one attached hydrogen (secondary N) is 1. The lowest BCUT2D eigenvalue weighted by Gasteiger charge is -2.00. The second-order valence-electron chi connectivity index (χ2n) is 3.59. The molecule has 20 heavy (non-hydrogen) atoms. The van der Waals surface area contributed by atoms with Gasteiger partial charge < -0.3 is 5.73 Å². The monoisotopic (exact) mass is 328 g/mol. The molecule has 1 aromatic carbocycles. The number of hydrogen-bond acceptors (Lipinski definition) is 6. The van der Waals surface area contributed by atoms with Gasteiger partial charge in [-0.15, -0.1) is 10.2 Å². The fourth-order valence-electron chi connectivity index (χ4n) is 1.25. The fraction of sp³-hybridized carbons (Fsp3) is 0.0909. The molecule has 0 radical (unpaired) electrons. The Morgan fingerprint density at radius 3 is 2.90 bits per heavy atom. The van der Waals surface area contributed by atoms with Crippen molar-refractivity contribution in [1.82, 2.24) is 10.2 Å². The molecule has 1 aromatic heterocycles. The first kappa shape index (κ1) is 14.8. The molecular weight excluding hydrogens is 320 g/mol. The average molecular weight is 329 g/mol. The van der Waals surface area contributed by atoms with Crippen molar-refractivity contribution in [2.45, 2.75) is 4.34 Å². The Kier molecular flexibility index (Phi) is 4.94. The maximum Gasteiger partial charge on any atom is 0.257 e. The number of halogens is 1. The molecule has 0 unspecified atom stereocenters. The minimum absolute atomic E-state index is 0.122. The van der Waals surface area contributed by atoms with Gasteiger partial charge in [-0.1, -0.05) is 40.8 Å². The summed E-state index contributed by atoms with van der Waals surface area (Å²) in [5, 5.41) is 11.1. The van der Waals surface area contributed by atoms with Gasteiger partial charge in [0.25, 0.3) is 5.91 Å². The highest BCUT2D eigenvalue weighted by molar-refractivity contribution is 8.01. The number of thioether (sulfide) groups is 1. The molecule has 0 bridgehead atoms. The summed E-state index contributed by atoms with van der Waals surface area (Å²) in [5.74, 6) is -0.638. The van der Waals surface area contributed by atoms with Gasteiger partial charge in [0.2, 0.25) is 11.0 Å². The van der Waals surface area contributed by atoms with E-state index in [0.29, 0.717) is 20.1 Å². The summed E-state index contributed by atoms with van der Waals surface area (Å²) in [6, 6.07) is 6.57. The van der Waals surface area contributed by atoms with Crippen molar-refractivity contribution in [3.63, 3.8) is 0 Å². The van der Waals surface area contributed by atoms with Crippen LogP contribution in [0.25, 0.3) is 0 Å². The van der Waals surface area contributed by atoms with Gasteiger partial charge in [-0.2, -0.15) is 0 Å². The van der Waals surface area contributed by atoms with Crippen LogP contribution < -0.4 is 11.1 Å². The third-order valence-electron chi connectivity index (χ3n) is 2.05.